The van der Waals surface area contributed by atoms with Gasteiger partial charge in [0, 0.05) is 25.1 Å². The van der Waals surface area contributed by atoms with Gasteiger partial charge < -0.3 is 10.0 Å². The number of hydrogen-bond acceptors (Lipinski definition) is 2. The topological polar surface area (TPSA) is 40.5 Å². The molecule has 0 aromatic carbocycles. The molecule has 2 rings (SSSR count). The van der Waals surface area contributed by atoms with Crippen molar-refractivity contribution in [3.05, 3.63) is 0 Å². The van der Waals surface area contributed by atoms with Crippen molar-refractivity contribution in [3.63, 3.8) is 0 Å². The van der Waals surface area contributed by atoms with Gasteiger partial charge in [-0.3, -0.25) is 4.79 Å². The lowest BCUT2D eigenvalue weighted by Gasteiger charge is -2.41. The average Bonchev–Trinajstić information content (AvgIpc) is 2.05. The van der Waals surface area contributed by atoms with Gasteiger partial charge in [-0.2, -0.15) is 0 Å². The number of carbonyl (C=O) groups is 1. The molecule has 1 N–H and O–H groups in total. The SMILES string of the molecule is O=C(C1CCC1)N(CCCO)C1CCC1. The van der Waals surface area contributed by atoms with Gasteiger partial charge in [-0.25, -0.2) is 0 Å². The summed E-state index contributed by atoms with van der Waals surface area (Å²) in [7, 11) is 0. The van der Waals surface area contributed by atoms with Crippen LogP contribution in [0.1, 0.15) is 44.9 Å². The highest BCUT2D eigenvalue weighted by molar-refractivity contribution is 5.80. The quantitative estimate of drug-likeness (QED) is 0.749. The Hall–Kier alpha value is -0.570. The number of carbonyl (C=O) groups excluding carboxylic acids is 1. The van der Waals surface area contributed by atoms with Crippen LogP contribution in [0.25, 0.3) is 0 Å². The second kappa shape index (κ2) is 4.97. The molecule has 0 radical (unpaired) electrons. The number of aliphatic hydroxyl groups is 1. The minimum atomic E-state index is 0.196. The van der Waals surface area contributed by atoms with E-state index in [1.165, 1.54) is 25.7 Å². The molecule has 3 heteroatoms. The van der Waals surface area contributed by atoms with E-state index >= 15 is 0 Å². The molecule has 0 unspecified atom stereocenters. The number of aliphatic hydroxyl groups excluding tert-OH is 1. The molecule has 1 amide bonds. The van der Waals surface area contributed by atoms with Crippen molar-refractivity contribution in [1.82, 2.24) is 4.90 Å². The van der Waals surface area contributed by atoms with Gasteiger partial charge in [-0.1, -0.05) is 6.42 Å². The van der Waals surface area contributed by atoms with E-state index in [0.717, 1.165) is 25.8 Å². The zero-order chi connectivity index (χ0) is 10.7. The maximum absolute atomic E-state index is 12.1. The van der Waals surface area contributed by atoms with Gasteiger partial charge >= 0.3 is 0 Å². The number of nitrogens with zero attached hydrogens (tertiary/aromatic N) is 1. The molecule has 0 aromatic rings. The molecular weight excluding hydrogens is 190 g/mol. The van der Waals surface area contributed by atoms with Gasteiger partial charge in [0.25, 0.3) is 0 Å². The smallest absolute Gasteiger partial charge is 0.225 e. The molecule has 15 heavy (non-hydrogen) atoms. The third kappa shape index (κ3) is 2.33. The Morgan fingerprint density at radius 3 is 2.27 bits per heavy atom. The molecule has 86 valence electrons. The fraction of sp³-hybridized carbons (Fsp3) is 0.917. The third-order valence-corrected chi connectivity index (χ3v) is 3.81. The van der Waals surface area contributed by atoms with Gasteiger partial charge in [0.1, 0.15) is 0 Å². The van der Waals surface area contributed by atoms with Crippen molar-refractivity contribution in [1.29, 1.82) is 0 Å². The normalized spacial score (nSPS) is 21.9. The zero-order valence-corrected chi connectivity index (χ0v) is 9.32. The Balaban J connectivity index is 1.87. The predicted molar refractivity (Wildman–Crippen MR) is 58.4 cm³/mol. The van der Waals surface area contributed by atoms with Crippen LogP contribution in [0.2, 0.25) is 0 Å². The monoisotopic (exact) mass is 211 g/mol. The standard InChI is InChI=1S/C12H21NO2/c14-9-3-8-13(11-6-2-7-11)12(15)10-4-1-5-10/h10-11,14H,1-9H2. The van der Waals surface area contributed by atoms with Crippen LogP contribution in [0.4, 0.5) is 0 Å². The van der Waals surface area contributed by atoms with Crippen molar-refractivity contribution in [2.45, 2.75) is 51.0 Å². The van der Waals surface area contributed by atoms with Crippen molar-refractivity contribution < 1.29 is 9.90 Å². The second-order valence-electron chi connectivity index (χ2n) is 4.82. The van der Waals surface area contributed by atoms with Gasteiger partial charge in [0.05, 0.1) is 0 Å². The third-order valence-electron chi connectivity index (χ3n) is 3.81. The molecule has 2 saturated carbocycles. The summed E-state index contributed by atoms with van der Waals surface area (Å²) in [4.78, 5) is 14.2. The molecule has 0 atom stereocenters. The minimum Gasteiger partial charge on any atom is -0.396 e. The molecule has 0 aliphatic heterocycles. The van der Waals surface area contributed by atoms with Crippen molar-refractivity contribution in [2.75, 3.05) is 13.2 Å². The van der Waals surface area contributed by atoms with Gasteiger partial charge in [-0.05, 0) is 38.5 Å². The second-order valence-corrected chi connectivity index (χ2v) is 4.82. The van der Waals surface area contributed by atoms with Gasteiger partial charge in [0.15, 0.2) is 0 Å². The number of amides is 1. The summed E-state index contributed by atoms with van der Waals surface area (Å²) in [5.41, 5.74) is 0. The lowest BCUT2D eigenvalue weighted by molar-refractivity contribution is -0.142. The van der Waals surface area contributed by atoms with Crippen LogP contribution in [0, 0.1) is 5.92 Å². The summed E-state index contributed by atoms with van der Waals surface area (Å²) < 4.78 is 0. The summed E-state index contributed by atoms with van der Waals surface area (Å²) >= 11 is 0. The molecule has 0 aromatic heterocycles. The van der Waals surface area contributed by atoms with E-state index in [0.29, 0.717) is 17.9 Å². The van der Waals surface area contributed by atoms with E-state index in [4.69, 9.17) is 5.11 Å². The van der Waals surface area contributed by atoms with Crippen LogP contribution in [-0.2, 0) is 4.79 Å². The molecule has 0 saturated heterocycles. The first kappa shape index (κ1) is 10.9. The molecule has 2 aliphatic rings. The van der Waals surface area contributed by atoms with Gasteiger partial charge in [-0.15, -0.1) is 0 Å². The van der Waals surface area contributed by atoms with E-state index in [-0.39, 0.29) is 6.61 Å². The van der Waals surface area contributed by atoms with Crippen molar-refractivity contribution >= 4 is 5.91 Å². The van der Waals surface area contributed by atoms with Crippen molar-refractivity contribution in [2.24, 2.45) is 5.92 Å². The van der Waals surface area contributed by atoms with Crippen LogP contribution in [-0.4, -0.2) is 35.1 Å². The average molecular weight is 211 g/mol. The zero-order valence-electron chi connectivity index (χ0n) is 9.32. The van der Waals surface area contributed by atoms with E-state index in [1.807, 2.05) is 4.90 Å². The van der Waals surface area contributed by atoms with E-state index in [2.05, 4.69) is 0 Å². The first-order valence-electron chi connectivity index (χ1n) is 6.24. The summed E-state index contributed by atoms with van der Waals surface area (Å²) in [6, 6.07) is 0.490. The molecule has 0 bridgehead atoms. The highest BCUT2D eigenvalue weighted by atomic mass is 16.3. The Labute approximate surface area is 91.5 Å². The summed E-state index contributed by atoms with van der Waals surface area (Å²) in [5, 5.41) is 8.84. The van der Waals surface area contributed by atoms with Crippen LogP contribution in [0.5, 0.6) is 0 Å². The minimum absolute atomic E-state index is 0.196. The predicted octanol–water partition coefficient (Wildman–Crippen LogP) is 1.55. The lowest BCUT2D eigenvalue weighted by atomic mass is 9.82. The first-order chi connectivity index (χ1) is 7.33. The van der Waals surface area contributed by atoms with Crippen LogP contribution >= 0.6 is 0 Å². The molecule has 2 fully saturated rings. The fourth-order valence-electron chi connectivity index (χ4n) is 2.30. The maximum atomic E-state index is 12.1. The first-order valence-corrected chi connectivity index (χ1v) is 6.24. The van der Waals surface area contributed by atoms with E-state index in [1.54, 1.807) is 0 Å². The molecule has 3 nitrogen and oxygen atoms in total. The largest absolute Gasteiger partial charge is 0.396 e. The number of rotatable bonds is 5. The van der Waals surface area contributed by atoms with Gasteiger partial charge in [0.2, 0.25) is 5.91 Å². The van der Waals surface area contributed by atoms with Crippen LogP contribution in [0.3, 0.4) is 0 Å². The molecule has 2 aliphatic carbocycles. The van der Waals surface area contributed by atoms with E-state index < -0.39 is 0 Å². The summed E-state index contributed by atoms with van der Waals surface area (Å²) in [6.45, 7) is 0.956. The fourth-order valence-corrected chi connectivity index (χ4v) is 2.30. The van der Waals surface area contributed by atoms with Crippen LogP contribution < -0.4 is 0 Å². The Morgan fingerprint density at radius 1 is 1.20 bits per heavy atom. The Bertz CT molecular complexity index is 222. The maximum Gasteiger partial charge on any atom is 0.225 e. The molecule has 0 spiro atoms. The highest BCUT2D eigenvalue weighted by Crippen LogP contribution is 2.32. The Kier molecular flexibility index (Phi) is 3.62. The lowest BCUT2D eigenvalue weighted by Crippen LogP contribution is -2.48. The summed E-state index contributed by atoms with van der Waals surface area (Å²) in [6.07, 6.45) is 7.72. The Morgan fingerprint density at radius 2 is 1.87 bits per heavy atom. The van der Waals surface area contributed by atoms with Crippen LogP contribution in [0.15, 0.2) is 0 Å². The molecule has 0 heterocycles. The molecular formula is C12H21NO2. The summed E-state index contributed by atoms with van der Waals surface area (Å²) in [5.74, 6) is 0.670. The highest BCUT2D eigenvalue weighted by Gasteiger charge is 2.34. The van der Waals surface area contributed by atoms with Crippen molar-refractivity contribution in [3.8, 4) is 0 Å². The van der Waals surface area contributed by atoms with E-state index in [9.17, 15) is 4.79 Å². The number of hydrogen-bond donors (Lipinski definition) is 1.